The van der Waals surface area contributed by atoms with Crippen LogP contribution in [0.2, 0.25) is 0 Å². The van der Waals surface area contributed by atoms with E-state index in [2.05, 4.69) is 22.4 Å². The molecule has 1 amide bonds. The van der Waals surface area contributed by atoms with Crippen molar-refractivity contribution in [2.75, 3.05) is 26.7 Å². The number of nitrogens with one attached hydrogen (secondary N) is 2. The number of H-pyrrole nitrogens is 1. The number of carbonyl (C=O) groups is 1. The topological polar surface area (TPSA) is 79.5 Å². The molecule has 0 spiro atoms. The smallest absolute Gasteiger partial charge is 0.274 e. The van der Waals surface area contributed by atoms with Crippen LogP contribution in [0.3, 0.4) is 0 Å². The molecule has 0 aliphatic carbocycles. The molecule has 0 saturated carbocycles. The first-order valence-electron chi connectivity index (χ1n) is 8.00. The predicted molar refractivity (Wildman–Crippen MR) is 89.3 cm³/mol. The van der Waals surface area contributed by atoms with E-state index in [9.17, 15) is 4.79 Å². The zero-order valence-corrected chi connectivity index (χ0v) is 13.9. The summed E-state index contributed by atoms with van der Waals surface area (Å²) in [6.45, 7) is 4.55. The van der Waals surface area contributed by atoms with Crippen molar-refractivity contribution in [2.24, 2.45) is 0 Å². The van der Waals surface area contributed by atoms with Gasteiger partial charge in [0.05, 0.1) is 12.8 Å². The van der Waals surface area contributed by atoms with Crippen LogP contribution in [-0.4, -0.2) is 53.8 Å². The van der Waals surface area contributed by atoms with E-state index in [0.717, 1.165) is 12.2 Å². The number of hydrogen-bond donors (Lipinski definition) is 2. The molecule has 2 aromatic rings. The van der Waals surface area contributed by atoms with Crippen molar-refractivity contribution in [1.82, 2.24) is 20.4 Å². The highest BCUT2D eigenvalue weighted by molar-refractivity contribution is 5.92. The summed E-state index contributed by atoms with van der Waals surface area (Å²) in [5.41, 5.74) is 1.16. The van der Waals surface area contributed by atoms with Gasteiger partial charge in [-0.3, -0.25) is 9.89 Å². The lowest BCUT2D eigenvalue weighted by Crippen LogP contribution is -2.51. The van der Waals surface area contributed by atoms with E-state index in [1.54, 1.807) is 13.2 Å². The van der Waals surface area contributed by atoms with Gasteiger partial charge in [-0.05, 0) is 25.1 Å². The molecule has 7 nitrogen and oxygen atoms in total. The van der Waals surface area contributed by atoms with Gasteiger partial charge >= 0.3 is 0 Å². The molecule has 1 aliphatic heterocycles. The van der Waals surface area contributed by atoms with Gasteiger partial charge in [0.25, 0.3) is 5.91 Å². The molecule has 128 valence electrons. The summed E-state index contributed by atoms with van der Waals surface area (Å²) in [4.78, 5) is 14.3. The van der Waals surface area contributed by atoms with E-state index < -0.39 is 0 Å². The maximum absolute atomic E-state index is 12.5. The summed E-state index contributed by atoms with van der Waals surface area (Å²) in [6, 6.07) is 9.48. The van der Waals surface area contributed by atoms with Crippen molar-refractivity contribution in [2.45, 2.75) is 19.6 Å². The zero-order chi connectivity index (χ0) is 16.9. The van der Waals surface area contributed by atoms with E-state index in [1.807, 2.05) is 29.2 Å². The van der Waals surface area contributed by atoms with Crippen LogP contribution < -0.4 is 14.8 Å². The van der Waals surface area contributed by atoms with Gasteiger partial charge in [-0.15, -0.1) is 0 Å². The number of aromatic nitrogens is 2. The Morgan fingerprint density at radius 2 is 2.17 bits per heavy atom. The molecule has 1 saturated heterocycles. The Bertz CT molecular complexity index is 701. The lowest BCUT2D eigenvalue weighted by Gasteiger charge is -2.31. The number of ether oxygens (including phenoxy) is 2. The van der Waals surface area contributed by atoms with Crippen LogP contribution in [0.1, 0.15) is 23.1 Å². The van der Waals surface area contributed by atoms with Crippen molar-refractivity contribution < 1.29 is 14.3 Å². The molecule has 2 N–H and O–H groups in total. The summed E-state index contributed by atoms with van der Waals surface area (Å²) in [5.74, 6) is 1.27. The van der Waals surface area contributed by atoms with Crippen molar-refractivity contribution in [3.8, 4) is 11.5 Å². The first-order valence-corrected chi connectivity index (χ1v) is 8.00. The molecular weight excluding hydrogens is 308 g/mol. The predicted octanol–water partition coefficient (Wildman–Crippen LogP) is 1.43. The summed E-state index contributed by atoms with van der Waals surface area (Å²) < 4.78 is 11.0. The maximum atomic E-state index is 12.5. The summed E-state index contributed by atoms with van der Waals surface area (Å²) in [7, 11) is 1.60. The number of benzene rings is 1. The number of nitrogens with zero attached hydrogens (tertiary/aromatic N) is 2. The van der Waals surface area contributed by atoms with Gasteiger partial charge in [-0.1, -0.05) is 12.1 Å². The molecule has 24 heavy (non-hydrogen) atoms. The van der Waals surface area contributed by atoms with Gasteiger partial charge < -0.3 is 19.7 Å². The average molecular weight is 330 g/mol. The fourth-order valence-corrected chi connectivity index (χ4v) is 2.72. The lowest BCUT2D eigenvalue weighted by molar-refractivity contribution is 0.0703. The third-order valence-electron chi connectivity index (χ3n) is 3.96. The highest BCUT2D eigenvalue weighted by atomic mass is 16.5. The number of amides is 1. The van der Waals surface area contributed by atoms with Gasteiger partial charge in [-0.2, -0.15) is 5.10 Å². The SMILES string of the molecule is COc1ccccc1OCc1cc(C(=O)N2CCN[C@H](C)C2)n[nH]1. The molecule has 1 fully saturated rings. The second-order valence-electron chi connectivity index (χ2n) is 5.82. The maximum Gasteiger partial charge on any atom is 0.274 e. The Labute approximate surface area is 140 Å². The van der Waals surface area contributed by atoms with Crippen LogP contribution in [0.4, 0.5) is 0 Å². The Hall–Kier alpha value is -2.54. The standard InChI is InChI=1S/C17H22N4O3/c1-12-10-21(8-7-18-12)17(22)14-9-13(19-20-14)11-24-16-6-4-3-5-15(16)23-2/h3-6,9,12,18H,7-8,10-11H2,1-2H3,(H,19,20)/t12-/m1/s1. The summed E-state index contributed by atoms with van der Waals surface area (Å²) in [6.07, 6.45) is 0. The van der Waals surface area contributed by atoms with Crippen molar-refractivity contribution in [3.63, 3.8) is 0 Å². The molecule has 0 radical (unpaired) electrons. The molecule has 2 heterocycles. The second-order valence-corrected chi connectivity index (χ2v) is 5.82. The van der Waals surface area contributed by atoms with Crippen LogP contribution >= 0.6 is 0 Å². The number of hydrogen-bond acceptors (Lipinski definition) is 5. The zero-order valence-electron chi connectivity index (χ0n) is 13.9. The Balaban J connectivity index is 1.62. The number of methoxy groups -OCH3 is 1. The normalized spacial score (nSPS) is 17.6. The highest BCUT2D eigenvalue weighted by Crippen LogP contribution is 2.26. The van der Waals surface area contributed by atoms with Gasteiger partial charge in [-0.25, -0.2) is 0 Å². The molecule has 0 unspecified atom stereocenters. The molecule has 1 aromatic carbocycles. The third kappa shape index (κ3) is 3.68. The minimum atomic E-state index is -0.0526. The van der Waals surface area contributed by atoms with Gasteiger partial charge in [0.1, 0.15) is 6.61 Å². The van der Waals surface area contributed by atoms with Crippen molar-refractivity contribution in [3.05, 3.63) is 41.7 Å². The minimum Gasteiger partial charge on any atom is -0.493 e. The van der Waals surface area contributed by atoms with E-state index in [4.69, 9.17) is 9.47 Å². The van der Waals surface area contributed by atoms with Gasteiger partial charge in [0.2, 0.25) is 0 Å². The molecule has 1 aromatic heterocycles. The summed E-state index contributed by atoms with van der Waals surface area (Å²) in [5, 5.41) is 10.3. The first-order chi connectivity index (χ1) is 11.7. The van der Waals surface area contributed by atoms with Crippen LogP contribution in [0, 0.1) is 0 Å². The largest absolute Gasteiger partial charge is 0.493 e. The number of piperazine rings is 1. The lowest BCUT2D eigenvalue weighted by atomic mass is 10.2. The number of carbonyl (C=O) groups excluding carboxylic acids is 1. The van der Waals surface area contributed by atoms with Gasteiger partial charge in [0, 0.05) is 25.7 Å². The van der Waals surface area contributed by atoms with Crippen LogP contribution in [0.5, 0.6) is 11.5 Å². The Kier molecular flexibility index (Phi) is 5.00. The van der Waals surface area contributed by atoms with Crippen LogP contribution in [0.25, 0.3) is 0 Å². The van der Waals surface area contributed by atoms with Crippen LogP contribution in [0.15, 0.2) is 30.3 Å². The molecule has 3 rings (SSSR count). The van der Waals surface area contributed by atoms with E-state index in [0.29, 0.717) is 42.9 Å². The third-order valence-corrected chi connectivity index (χ3v) is 3.96. The van der Waals surface area contributed by atoms with Gasteiger partial charge in [0.15, 0.2) is 17.2 Å². The number of aromatic amines is 1. The Morgan fingerprint density at radius 1 is 1.38 bits per heavy atom. The Morgan fingerprint density at radius 3 is 2.92 bits per heavy atom. The average Bonchev–Trinajstić information content (AvgIpc) is 3.08. The fraction of sp³-hybridized carbons (Fsp3) is 0.412. The second kappa shape index (κ2) is 7.35. The molecule has 7 heteroatoms. The molecular formula is C17H22N4O3. The van der Waals surface area contributed by atoms with E-state index in [-0.39, 0.29) is 5.91 Å². The van der Waals surface area contributed by atoms with Crippen LogP contribution in [-0.2, 0) is 6.61 Å². The van der Waals surface area contributed by atoms with Crippen molar-refractivity contribution >= 4 is 5.91 Å². The number of para-hydroxylation sites is 2. The highest BCUT2D eigenvalue weighted by Gasteiger charge is 2.23. The van der Waals surface area contributed by atoms with Crippen molar-refractivity contribution in [1.29, 1.82) is 0 Å². The first kappa shape index (κ1) is 16.3. The molecule has 0 bridgehead atoms. The molecule has 1 atom stereocenters. The molecule has 1 aliphatic rings. The van der Waals surface area contributed by atoms with E-state index >= 15 is 0 Å². The number of rotatable bonds is 5. The fourth-order valence-electron chi connectivity index (χ4n) is 2.72. The van der Waals surface area contributed by atoms with E-state index in [1.165, 1.54) is 0 Å². The summed E-state index contributed by atoms with van der Waals surface area (Å²) >= 11 is 0. The quantitative estimate of drug-likeness (QED) is 0.867. The minimum absolute atomic E-state index is 0.0526. The monoisotopic (exact) mass is 330 g/mol.